The summed E-state index contributed by atoms with van der Waals surface area (Å²) in [5.41, 5.74) is 1.43. The fraction of sp³-hybridized carbons (Fsp3) is 0.524. The molecule has 0 fully saturated rings. The van der Waals surface area contributed by atoms with Crippen LogP contribution in [-0.4, -0.2) is 55.3 Å². The van der Waals surface area contributed by atoms with Gasteiger partial charge in [-0.2, -0.15) is 0 Å². The Balaban J connectivity index is 2.27. The standard InChI is InChI=1S/C21H32N4O2S/c1-6-27-18-7-8-19-16(12-18)11-17(20(26)23-19)14-25(10-9-24(4)5)21(28)22-13-15(2)3/h7-8,11-12,15H,6,9-10,13-14H2,1-5H3,(H,22,28)(H,23,26)/p+1. The highest BCUT2D eigenvalue weighted by molar-refractivity contribution is 7.80. The highest BCUT2D eigenvalue weighted by atomic mass is 32.1. The summed E-state index contributed by atoms with van der Waals surface area (Å²) < 4.78 is 5.59. The molecule has 0 radical (unpaired) electrons. The number of ether oxygens (including phenoxy) is 1. The zero-order valence-corrected chi connectivity index (χ0v) is 18.4. The quantitative estimate of drug-likeness (QED) is 0.551. The normalized spacial score (nSPS) is 11.2. The van der Waals surface area contributed by atoms with Crippen molar-refractivity contribution in [3.05, 3.63) is 40.2 Å². The second-order valence-corrected chi connectivity index (χ2v) is 8.15. The van der Waals surface area contributed by atoms with Gasteiger partial charge in [0.05, 0.1) is 40.3 Å². The zero-order chi connectivity index (χ0) is 20.7. The van der Waals surface area contributed by atoms with Gasteiger partial charge in [0.1, 0.15) is 5.75 Å². The molecule has 7 heteroatoms. The Morgan fingerprint density at radius 1 is 1.32 bits per heavy atom. The Labute approximate surface area is 172 Å². The van der Waals surface area contributed by atoms with Crippen LogP contribution in [-0.2, 0) is 6.54 Å². The minimum absolute atomic E-state index is 0.0782. The molecule has 0 saturated carbocycles. The van der Waals surface area contributed by atoms with E-state index in [1.54, 1.807) is 0 Å². The smallest absolute Gasteiger partial charge is 0.253 e. The number of nitrogens with zero attached hydrogens (tertiary/aromatic N) is 1. The average Bonchev–Trinajstić information content (AvgIpc) is 2.63. The molecule has 28 heavy (non-hydrogen) atoms. The number of benzene rings is 1. The first-order valence-electron chi connectivity index (χ1n) is 9.90. The van der Waals surface area contributed by atoms with Crippen molar-refractivity contribution in [3.63, 3.8) is 0 Å². The van der Waals surface area contributed by atoms with Crippen molar-refractivity contribution in [2.24, 2.45) is 5.92 Å². The van der Waals surface area contributed by atoms with E-state index in [2.05, 4.69) is 43.1 Å². The summed E-state index contributed by atoms with van der Waals surface area (Å²) in [5, 5.41) is 4.97. The average molecular weight is 406 g/mol. The van der Waals surface area contributed by atoms with Crippen LogP contribution >= 0.6 is 12.2 Å². The van der Waals surface area contributed by atoms with Crippen LogP contribution in [0.2, 0.25) is 0 Å². The Hall–Kier alpha value is -2.12. The highest BCUT2D eigenvalue weighted by Gasteiger charge is 2.15. The Morgan fingerprint density at radius 3 is 2.71 bits per heavy atom. The Kier molecular flexibility index (Phi) is 8.26. The van der Waals surface area contributed by atoms with Crippen LogP contribution in [0.4, 0.5) is 0 Å². The third kappa shape index (κ3) is 6.49. The molecule has 154 valence electrons. The van der Waals surface area contributed by atoms with E-state index in [0.29, 0.717) is 29.7 Å². The van der Waals surface area contributed by atoms with Gasteiger partial charge in [0.25, 0.3) is 5.56 Å². The first-order chi connectivity index (χ1) is 13.3. The number of fused-ring (bicyclic) bond motifs is 1. The minimum Gasteiger partial charge on any atom is -0.494 e. The number of aromatic amines is 1. The maximum absolute atomic E-state index is 12.6. The van der Waals surface area contributed by atoms with E-state index < -0.39 is 0 Å². The van der Waals surface area contributed by atoms with E-state index in [4.69, 9.17) is 17.0 Å². The van der Waals surface area contributed by atoms with Crippen LogP contribution < -0.4 is 20.5 Å². The molecule has 1 aromatic heterocycles. The van der Waals surface area contributed by atoms with Gasteiger partial charge in [-0.25, -0.2) is 0 Å². The molecule has 3 N–H and O–H groups in total. The van der Waals surface area contributed by atoms with E-state index in [1.165, 1.54) is 4.90 Å². The monoisotopic (exact) mass is 405 g/mol. The van der Waals surface area contributed by atoms with Crippen LogP contribution in [0.5, 0.6) is 5.75 Å². The first kappa shape index (κ1) is 22.2. The summed E-state index contributed by atoms with van der Waals surface area (Å²) in [5.74, 6) is 1.30. The summed E-state index contributed by atoms with van der Waals surface area (Å²) in [4.78, 5) is 19.0. The van der Waals surface area contributed by atoms with Crippen LogP contribution in [0.25, 0.3) is 10.9 Å². The molecule has 0 aliphatic rings. The fourth-order valence-electron chi connectivity index (χ4n) is 2.82. The van der Waals surface area contributed by atoms with E-state index in [0.717, 1.165) is 36.3 Å². The Bertz CT molecular complexity index is 848. The number of thiocarbonyl (C=S) groups is 1. The number of pyridine rings is 1. The topological polar surface area (TPSA) is 61.8 Å². The number of hydrogen-bond donors (Lipinski definition) is 3. The number of quaternary nitrogens is 1. The van der Waals surface area contributed by atoms with Gasteiger partial charge < -0.3 is 24.8 Å². The van der Waals surface area contributed by atoms with Gasteiger partial charge >= 0.3 is 0 Å². The number of aromatic nitrogens is 1. The molecule has 0 bridgehead atoms. The maximum Gasteiger partial charge on any atom is 0.253 e. The number of nitrogens with one attached hydrogen (secondary N) is 3. The third-order valence-electron chi connectivity index (χ3n) is 4.40. The van der Waals surface area contributed by atoms with Crippen LogP contribution in [0.3, 0.4) is 0 Å². The van der Waals surface area contributed by atoms with Crippen molar-refractivity contribution in [3.8, 4) is 5.75 Å². The summed E-state index contributed by atoms with van der Waals surface area (Å²) in [6, 6.07) is 7.66. The second-order valence-electron chi connectivity index (χ2n) is 7.76. The van der Waals surface area contributed by atoms with Gasteiger partial charge in [0, 0.05) is 23.0 Å². The third-order valence-corrected chi connectivity index (χ3v) is 4.80. The van der Waals surface area contributed by atoms with Gasteiger partial charge in [0.2, 0.25) is 0 Å². The number of hydrogen-bond acceptors (Lipinski definition) is 3. The molecule has 0 amide bonds. The highest BCUT2D eigenvalue weighted by Crippen LogP contribution is 2.19. The molecule has 1 heterocycles. The molecule has 6 nitrogen and oxygen atoms in total. The van der Waals surface area contributed by atoms with Crippen molar-refractivity contribution in [2.45, 2.75) is 27.3 Å². The van der Waals surface area contributed by atoms with Crippen molar-refractivity contribution in [1.29, 1.82) is 0 Å². The Morgan fingerprint density at radius 2 is 2.07 bits per heavy atom. The minimum atomic E-state index is -0.0782. The molecule has 0 atom stereocenters. The second kappa shape index (κ2) is 10.4. The lowest BCUT2D eigenvalue weighted by molar-refractivity contribution is -0.857. The van der Waals surface area contributed by atoms with Crippen molar-refractivity contribution >= 4 is 28.2 Å². The summed E-state index contributed by atoms with van der Waals surface area (Å²) in [6.07, 6.45) is 0. The molecule has 0 saturated heterocycles. The van der Waals surface area contributed by atoms with Crippen molar-refractivity contribution in [2.75, 3.05) is 40.3 Å². The van der Waals surface area contributed by atoms with E-state index >= 15 is 0 Å². The number of rotatable bonds is 9. The first-order valence-corrected chi connectivity index (χ1v) is 10.3. The lowest BCUT2D eigenvalue weighted by Crippen LogP contribution is -3.06. The predicted octanol–water partition coefficient (Wildman–Crippen LogP) is 1.40. The van der Waals surface area contributed by atoms with Crippen LogP contribution in [0.15, 0.2) is 29.1 Å². The van der Waals surface area contributed by atoms with Gasteiger partial charge in [-0.1, -0.05) is 13.8 Å². The summed E-state index contributed by atoms with van der Waals surface area (Å²) in [6.45, 7) is 9.86. The van der Waals surface area contributed by atoms with Gasteiger partial charge in [-0.3, -0.25) is 4.79 Å². The maximum atomic E-state index is 12.6. The molecular weight excluding hydrogens is 372 g/mol. The predicted molar refractivity (Wildman–Crippen MR) is 119 cm³/mol. The fourth-order valence-corrected chi connectivity index (χ4v) is 3.06. The molecule has 2 rings (SSSR count). The van der Waals surface area contributed by atoms with Gasteiger partial charge in [-0.15, -0.1) is 0 Å². The zero-order valence-electron chi connectivity index (χ0n) is 17.6. The van der Waals surface area contributed by atoms with E-state index in [1.807, 2.05) is 31.2 Å². The largest absolute Gasteiger partial charge is 0.494 e. The molecule has 2 aromatic rings. The van der Waals surface area contributed by atoms with Crippen LogP contribution in [0.1, 0.15) is 26.3 Å². The molecular formula is C21H33N4O2S+. The van der Waals surface area contributed by atoms with Crippen molar-refractivity contribution < 1.29 is 9.64 Å². The lowest BCUT2D eigenvalue weighted by atomic mass is 10.1. The van der Waals surface area contributed by atoms with Crippen molar-refractivity contribution in [1.82, 2.24) is 15.2 Å². The molecule has 0 aliphatic carbocycles. The van der Waals surface area contributed by atoms with Gasteiger partial charge in [0.15, 0.2) is 5.11 Å². The SMILES string of the molecule is CCOc1ccc2[nH]c(=O)c(CN(CC[NH+](C)C)C(=S)NCC(C)C)cc2c1. The summed E-state index contributed by atoms with van der Waals surface area (Å²) in [7, 11) is 4.22. The number of likely N-dealkylation sites (N-methyl/N-ethyl adjacent to an activating group) is 1. The molecule has 0 unspecified atom stereocenters. The molecule has 1 aromatic carbocycles. The lowest BCUT2D eigenvalue weighted by Gasteiger charge is -2.26. The molecule has 0 spiro atoms. The van der Waals surface area contributed by atoms with Crippen LogP contribution in [0, 0.1) is 5.92 Å². The molecule has 0 aliphatic heterocycles. The van der Waals surface area contributed by atoms with E-state index in [-0.39, 0.29) is 5.56 Å². The summed E-state index contributed by atoms with van der Waals surface area (Å²) >= 11 is 5.61. The van der Waals surface area contributed by atoms with E-state index in [9.17, 15) is 4.79 Å². The van der Waals surface area contributed by atoms with Gasteiger partial charge in [-0.05, 0) is 49.3 Å². The number of H-pyrrole nitrogens is 1.